The molecule has 0 aliphatic carbocycles. The average Bonchev–Trinajstić information content (AvgIpc) is 2.84. The van der Waals surface area contributed by atoms with E-state index >= 15 is 0 Å². The van der Waals surface area contributed by atoms with E-state index in [1.165, 1.54) is 17.4 Å². The number of carboxylic acid groups (broad SMARTS) is 1. The summed E-state index contributed by atoms with van der Waals surface area (Å²) in [6.07, 6.45) is 0.865. The van der Waals surface area contributed by atoms with Crippen molar-refractivity contribution >= 4 is 23.1 Å². The van der Waals surface area contributed by atoms with Crippen LogP contribution in [0.3, 0.4) is 0 Å². The number of hydrogen-bond acceptors (Lipinski definition) is 6. The van der Waals surface area contributed by atoms with Crippen LogP contribution in [0.25, 0.3) is 0 Å². The van der Waals surface area contributed by atoms with Crippen LogP contribution in [0.1, 0.15) is 27.4 Å². The second kappa shape index (κ2) is 5.54. The molecular formula is C11H12N4O2S. The Labute approximate surface area is 108 Å². The van der Waals surface area contributed by atoms with Gasteiger partial charge in [-0.25, -0.2) is 9.78 Å². The second-order valence-electron chi connectivity index (χ2n) is 3.51. The highest BCUT2D eigenvalue weighted by molar-refractivity contribution is 7.11. The van der Waals surface area contributed by atoms with Gasteiger partial charge in [-0.1, -0.05) is 24.3 Å². The maximum atomic E-state index is 10.8. The van der Waals surface area contributed by atoms with Crippen molar-refractivity contribution in [2.24, 2.45) is 0 Å². The highest BCUT2D eigenvalue weighted by Crippen LogP contribution is 2.12. The van der Waals surface area contributed by atoms with E-state index in [4.69, 9.17) is 5.11 Å². The molecule has 18 heavy (non-hydrogen) atoms. The van der Waals surface area contributed by atoms with Crippen molar-refractivity contribution in [2.45, 2.75) is 19.9 Å². The third-order valence-electron chi connectivity index (χ3n) is 2.20. The molecule has 0 fully saturated rings. The number of pyridine rings is 1. The smallest absolute Gasteiger partial charge is 0.354 e. The van der Waals surface area contributed by atoms with E-state index < -0.39 is 5.97 Å². The summed E-state index contributed by atoms with van der Waals surface area (Å²) in [5, 5.41) is 21.7. The molecule has 0 saturated heterocycles. The lowest BCUT2D eigenvalue weighted by Gasteiger charge is -2.03. The molecule has 0 radical (unpaired) electrons. The van der Waals surface area contributed by atoms with Crippen LogP contribution in [0, 0.1) is 0 Å². The quantitative estimate of drug-likeness (QED) is 0.856. The minimum atomic E-state index is -1.04. The zero-order valence-electron chi connectivity index (χ0n) is 9.75. The number of aromatic carboxylic acids is 1. The van der Waals surface area contributed by atoms with Gasteiger partial charge in [0.15, 0.2) is 5.69 Å². The van der Waals surface area contributed by atoms with Gasteiger partial charge in [0.25, 0.3) is 0 Å². The Morgan fingerprint density at radius 2 is 2.17 bits per heavy atom. The van der Waals surface area contributed by atoms with Crippen LogP contribution >= 0.6 is 11.3 Å². The molecule has 0 atom stereocenters. The van der Waals surface area contributed by atoms with Crippen LogP contribution in [0.15, 0.2) is 18.2 Å². The lowest BCUT2D eigenvalue weighted by atomic mass is 10.3. The lowest BCUT2D eigenvalue weighted by Crippen LogP contribution is -2.05. The molecule has 2 aromatic heterocycles. The molecule has 0 amide bonds. The molecule has 0 spiro atoms. The summed E-state index contributed by atoms with van der Waals surface area (Å²) in [7, 11) is 0. The Morgan fingerprint density at radius 3 is 2.83 bits per heavy atom. The Bertz CT molecular complexity index is 555. The third kappa shape index (κ3) is 3.01. The summed E-state index contributed by atoms with van der Waals surface area (Å²) in [6.45, 7) is 2.52. The van der Waals surface area contributed by atoms with Gasteiger partial charge >= 0.3 is 5.97 Å². The first-order chi connectivity index (χ1) is 8.69. The lowest BCUT2D eigenvalue weighted by molar-refractivity contribution is 0.0690. The largest absolute Gasteiger partial charge is 0.477 e. The number of nitrogens with zero attached hydrogens (tertiary/aromatic N) is 3. The molecule has 6 nitrogen and oxygen atoms in total. The zero-order chi connectivity index (χ0) is 13.0. The number of hydrogen-bond donors (Lipinski definition) is 2. The standard InChI is InChI=1S/C11H12N4O2S/c1-2-9-14-15-10(18-9)6-12-8-5-3-4-7(13-8)11(16)17/h3-5H,2,6H2,1H3,(H,12,13)(H,16,17). The number of nitrogens with one attached hydrogen (secondary N) is 1. The summed E-state index contributed by atoms with van der Waals surface area (Å²) in [4.78, 5) is 14.7. The predicted molar refractivity (Wildman–Crippen MR) is 67.8 cm³/mol. The van der Waals surface area contributed by atoms with Gasteiger partial charge < -0.3 is 10.4 Å². The van der Waals surface area contributed by atoms with Crippen LogP contribution in [0.5, 0.6) is 0 Å². The van der Waals surface area contributed by atoms with Gasteiger partial charge in [-0.3, -0.25) is 0 Å². The van der Waals surface area contributed by atoms with Gasteiger partial charge in [-0.2, -0.15) is 0 Å². The van der Waals surface area contributed by atoms with Gasteiger partial charge in [0.1, 0.15) is 15.8 Å². The normalized spacial score (nSPS) is 10.3. The number of rotatable bonds is 5. The topological polar surface area (TPSA) is 88.0 Å². The number of carboxylic acids is 1. The van der Waals surface area contributed by atoms with Gasteiger partial charge in [0.05, 0.1) is 6.54 Å². The minimum Gasteiger partial charge on any atom is -0.477 e. The molecule has 0 saturated carbocycles. The van der Waals surface area contributed by atoms with Crippen molar-refractivity contribution in [2.75, 3.05) is 5.32 Å². The van der Waals surface area contributed by atoms with E-state index in [1.807, 2.05) is 6.92 Å². The Balaban J connectivity index is 2.01. The molecule has 94 valence electrons. The number of aromatic nitrogens is 3. The van der Waals surface area contributed by atoms with Gasteiger partial charge in [0.2, 0.25) is 0 Å². The highest BCUT2D eigenvalue weighted by Gasteiger charge is 2.06. The van der Waals surface area contributed by atoms with Crippen LogP contribution in [-0.4, -0.2) is 26.3 Å². The summed E-state index contributed by atoms with van der Waals surface area (Å²) in [5.74, 6) is -0.522. The fourth-order valence-electron chi connectivity index (χ4n) is 1.32. The van der Waals surface area contributed by atoms with Crippen molar-refractivity contribution < 1.29 is 9.90 Å². The van der Waals surface area contributed by atoms with E-state index in [9.17, 15) is 4.79 Å². The van der Waals surface area contributed by atoms with E-state index in [0.29, 0.717) is 12.4 Å². The van der Waals surface area contributed by atoms with Gasteiger partial charge in [0, 0.05) is 0 Å². The van der Waals surface area contributed by atoms with Gasteiger partial charge in [-0.15, -0.1) is 10.2 Å². The van der Waals surface area contributed by atoms with E-state index in [-0.39, 0.29) is 5.69 Å². The van der Waals surface area contributed by atoms with Crippen molar-refractivity contribution in [1.82, 2.24) is 15.2 Å². The maximum absolute atomic E-state index is 10.8. The molecule has 0 unspecified atom stereocenters. The van der Waals surface area contributed by atoms with Crippen LogP contribution in [0.2, 0.25) is 0 Å². The monoisotopic (exact) mass is 264 g/mol. The Hall–Kier alpha value is -2.02. The first kappa shape index (κ1) is 12.4. The minimum absolute atomic E-state index is 0.0199. The highest BCUT2D eigenvalue weighted by atomic mass is 32.1. The van der Waals surface area contributed by atoms with E-state index in [1.54, 1.807) is 12.1 Å². The number of carbonyl (C=O) groups is 1. The maximum Gasteiger partial charge on any atom is 0.354 e. The molecule has 2 rings (SSSR count). The molecular weight excluding hydrogens is 252 g/mol. The molecule has 2 heterocycles. The Kier molecular flexibility index (Phi) is 3.83. The first-order valence-corrected chi connectivity index (χ1v) is 6.26. The van der Waals surface area contributed by atoms with Crippen LogP contribution < -0.4 is 5.32 Å². The fourth-order valence-corrected chi connectivity index (χ4v) is 2.05. The van der Waals surface area contributed by atoms with E-state index in [2.05, 4.69) is 20.5 Å². The van der Waals surface area contributed by atoms with Crippen LogP contribution in [0.4, 0.5) is 5.82 Å². The summed E-state index contributed by atoms with van der Waals surface area (Å²) in [5.41, 5.74) is 0.0199. The molecule has 2 aromatic rings. The third-order valence-corrected chi connectivity index (χ3v) is 3.27. The fraction of sp³-hybridized carbons (Fsp3) is 0.273. The van der Waals surface area contributed by atoms with E-state index in [0.717, 1.165) is 16.4 Å². The first-order valence-electron chi connectivity index (χ1n) is 5.44. The van der Waals surface area contributed by atoms with Crippen molar-refractivity contribution in [3.05, 3.63) is 33.9 Å². The average molecular weight is 264 g/mol. The molecule has 0 aliphatic rings. The van der Waals surface area contributed by atoms with Crippen molar-refractivity contribution in [3.8, 4) is 0 Å². The molecule has 0 aromatic carbocycles. The zero-order valence-corrected chi connectivity index (χ0v) is 10.6. The number of anilines is 1. The van der Waals surface area contributed by atoms with Crippen LogP contribution in [-0.2, 0) is 13.0 Å². The second-order valence-corrected chi connectivity index (χ2v) is 4.66. The summed E-state index contributed by atoms with van der Waals surface area (Å²) < 4.78 is 0. The molecule has 2 N–H and O–H groups in total. The molecule has 0 bridgehead atoms. The number of aryl methyl sites for hydroxylation is 1. The Morgan fingerprint density at radius 1 is 1.39 bits per heavy atom. The predicted octanol–water partition coefficient (Wildman–Crippen LogP) is 1.81. The SMILES string of the molecule is CCc1nnc(CNc2cccc(C(=O)O)n2)s1. The summed E-state index contributed by atoms with van der Waals surface area (Å²) in [6, 6.07) is 4.82. The summed E-state index contributed by atoms with van der Waals surface area (Å²) >= 11 is 1.53. The molecule has 0 aliphatic heterocycles. The van der Waals surface area contributed by atoms with Crippen molar-refractivity contribution in [3.63, 3.8) is 0 Å². The van der Waals surface area contributed by atoms with Gasteiger partial charge in [-0.05, 0) is 18.6 Å². The molecule has 7 heteroatoms. The van der Waals surface area contributed by atoms with Crippen molar-refractivity contribution in [1.29, 1.82) is 0 Å².